The van der Waals surface area contributed by atoms with Crippen molar-refractivity contribution in [1.82, 2.24) is 0 Å². The molecular weight excluding hydrogens is 183 g/mol. The van der Waals surface area contributed by atoms with Gasteiger partial charge < -0.3 is 0 Å². The number of hydrogen-bond donors (Lipinski definition) is 0. The van der Waals surface area contributed by atoms with E-state index in [-0.39, 0.29) is 6.92 Å². The second kappa shape index (κ2) is 2.31. The van der Waals surface area contributed by atoms with E-state index >= 15 is 0 Å². The van der Waals surface area contributed by atoms with Crippen molar-refractivity contribution >= 4 is 0 Å². The van der Waals surface area contributed by atoms with Crippen LogP contribution in [0.3, 0.4) is 0 Å². The minimum absolute atomic E-state index is 0.217. The maximum atomic E-state index is 12.9. The molecule has 1 unspecified atom stereocenters. The molecule has 0 aromatic carbocycles. The van der Waals surface area contributed by atoms with Crippen molar-refractivity contribution in [3.8, 4) is 0 Å². The van der Waals surface area contributed by atoms with Crippen molar-refractivity contribution < 1.29 is 26.7 Å². The predicted molar refractivity (Wildman–Crippen MR) is 29.7 cm³/mol. The molecule has 1 rings (SSSR count). The molecule has 0 aromatic heterocycles. The monoisotopic (exact) mass is 190 g/mol. The first-order valence-electron chi connectivity index (χ1n) is 3.31. The topological polar surface area (TPSA) is 9.23 Å². The molecular formula is C6H7F5O. The molecule has 1 nitrogen and oxygen atoms in total. The van der Waals surface area contributed by atoms with Crippen LogP contribution in [0.1, 0.15) is 19.8 Å². The second-order valence-corrected chi connectivity index (χ2v) is 2.86. The fraction of sp³-hybridized carbons (Fsp3) is 1.00. The van der Waals surface area contributed by atoms with Crippen LogP contribution in [0.5, 0.6) is 0 Å². The quantitative estimate of drug-likeness (QED) is 0.577. The maximum absolute atomic E-state index is 12.9. The SMILES string of the molecule is CC(F)(F)C1(F)CCC(F)(F)O1. The van der Waals surface area contributed by atoms with Crippen LogP contribution in [0.2, 0.25) is 0 Å². The fourth-order valence-corrected chi connectivity index (χ4v) is 0.954. The Labute approximate surface area is 65.5 Å². The Morgan fingerprint density at radius 1 is 1.17 bits per heavy atom. The molecule has 1 heterocycles. The predicted octanol–water partition coefficient (Wildman–Crippen LogP) is 2.71. The lowest BCUT2D eigenvalue weighted by Gasteiger charge is -2.25. The van der Waals surface area contributed by atoms with Gasteiger partial charge in [0.1, 0.15) is 0 Å². The number of alkyl halides is 5. The summed E-state index contributed by atoms with van der Waals surface area (Å²) in [5.74, 6) is -7.41. The highest BCUT2D eigenvalue weighted by Crippen LogP contribution is 2.48. The molecule has 1 aliphatic rings. The minimum atomic E-state index is -3.90. The van der Waals surface area contributed by atoms with Crippen molar-refractivity contribution in [2.75, 3.05) is 0 Å². The highest BCUT2D eigenvalue weighted by atomic mass is 19.3. The molecule has 0 radical (unpaired) electrons. The zero-order valence-corrected chi connectivity index (χ0v) is 6.21. The van der Waals surface area contributed by atoms with Gasteiger partial charge in [-0.2, -0.15) is 8.78 Å². The van der Waals surface area contributed by atoms with Gasteiger partial charge in [0, 0.05) is 19.8 Å². The van der Waals surface area contributed by atoms with Gasteiger partial charge >= 0.3 is 12.0 Å². The third-order valence-corrected chi connectivity index (χ3v) is 1.70. The maximum Gasteiger partial charge on any atom is 0.358 e. The van der Waals surface area contributed by atoms with E-state index in [1.807, 2.05) is 0 Å². The van der Waals surface area contributed by atoms with Crippen LogP contribution in [0.15, 0.2) is 0 Å². The number of hydrogen-bond acceptors (Lipinski definition) is 1. The Morgan fingerprint density at radius 2 is 1.67 bits per heavy atom. The van der Waals surface area contributed by atoms with E-state index in [0.717, 1.165) is 0 Å². The summed E-state index contributed by atoms with van der Waals surface area (Å²) in [5.41, 5.74) is 0. The molecule has 0 saturated carbocycles. The van der Waals surface area contributed by atoms with Crippen LogP contribution in [0.4, 0.5) is 22.0 Å². The standard InChI is InChI=1S/C6H7F5O/c1-4(7,8)5(9)2-3-6(10,11)12-5/h2-3H2,1H3. The van der Waals surface area contributed by atoms with E-state index in [4.69, 9.17) is 0 Å². The van der Waals surface area contributed by atoms with Crippen molar-refractivity contribution in [1.29, 1.82) is 0 Å². The van der Waals surface area contributed by atoms with Gasteiger partial charge in [0.05, 0.1) is 0 Å². The van der Waals surface area contributed by atoms with Crippen LogP contribution in [0.25, 0.3) is 0 Å². The molecule has 1 fully saturated rings. The summed E-state index contributed by atoms with van der Waals surface area (Å²) in [5, 5.41) is 0. The Morgan fingerprint density at radius 3 is 1.83 bits per heavy atom. The number of rotatable bonds is 1. The summed E-state index contributed by atoms with van der Waals surface area (Å²) in [6.45, 7) is 0.217. The smallest absolute Gasteiger partial charge is 0.277 e. The molecule has 1 saturated heterocycles. The summed E-state index contributed by atoms with van der Waals surface area (Å²) in [4.78, 5) is 0. The van der Waals surface area contributed by atoms with E-state index in [1.165, 1.54) is 0 Å². The van der Waals surface area contributed by atoms with Crippen molar-refractivity contribution in [3.63, 3.8) is 0 Å². The zero-order chi connectivity index (χ0) is 9.62. The fourth-order valence-electron chi connectivity index (χ4n) is 0.954. The van der Waals surface area contributed by atoms with E-state index in [1.54, 1.807) is 0 Å². The van der Waals surface area contributed by atoms with Gasteiger partial charge in [-0.1, -0.05) is 0 Å². The Kier molecular flexibility index (Phi) is 1.86. The molecule has 0 aliphatic carbocycles. The van der Waals surface area contributed by atoms with E-state index in [2.05, 4.69) is 4.74 Å². The van der Waals surface area contributed by atoms with Crippen LogP contribution >= 0.6 is 0 Å². The molecule has 0 bridgehead atoms. The first-order valence-corrected chi connectivity index (χ1v) is 3.31. The highest BCUT2D eigenvalue weighted by molar-refractivity contribution is 4.88. The van der Waals surface area contributed by atoms with Crippen molar-refractivity contribution in [2.45, 2.75) is 37.7 Å². The number of ether oxygens (including phenoxy) is 1. The first kappa shape index (κ1) is 9.70. The van der Waals surface area contributed by atoms with Crippen LogP contribution in [-0.2, 0) is 4.74 Å². The van der Waals surface area contributed by atoms with E-state index in [0.29, 0.717) is 0 Å². The summed E-state index contributed by atoms with van der Waals surface area (Å²) in [6, 6.07) is 0. The van der Waals surface area contributed by atoms with Crippen LogP contribution in [0, 0.1) is 0 Å². The minimum Gasteiger partial charge on any atom is -0.277 e. The normalized spacial score (nSPS) is 35.5. The number of halogens is 5. The van der Waals surface area contributed by atoms with Crippen molar-refractivity contribution in [2.24, 2.45) is 0 Å². The van der Waals surface area contributed by atoms with E-state index in [9.17, 15) is 22.0 Å². The van der Waals surface area contributed by atoms with Gasteiger partial charge in [0.2, 0.25) is 0 Å². The van der Waals surface area contributed by atoms with Crippen LogP contribution < -0.4 is 0 Å². The van der Waals surface area contributed by atoms with Gasteiger partial charge in [0.25, 0.3) is 5.85 Å². The molecule has 0 aromatic rings. The van der Waals surface area contributed by atoms with Gasteiger partial charge in [-0.25, -0.2) is 13.2 Å². The average Bonchev–Trinajstić information content (AvgIpc) is 2.05. The highest BCUT2D eigenvalue weighted by Gasteiger charge is 2.62. The second-order valence-electron chi connectivity index (χ2n) is 2.86. The molecule has 1 atom stereocenters. The molecule has 0 amide bonds. The van der Waals surface area contributed by atoms with Gasteiger partial charge in [-0.05, 0) is 0 Å². The van der Waals surface area contributed by atoms with Crippen molar-refractivity contribution in [3.05, 3.63) is 0 Å². The van der Waals surface area contributed by atoms with Crippen LogP contribution in [-0.4, -0.2) is 17.9 Å². The molecule has 72 valence electrons. The van der Waals surface area contributed by atoms with Gasteiger partial charge in [-0.15, -0.1) is 0 Å². The first-order chi connectivity index (χ1) is 5.16. The third-order valence-electron chi connectivity index (χ3n) is 1.70. The molecule has 0 N–H and O–H groups in total. The average molecular weight is 190 g/mol. The Bertz CT molecular complexity index is 187. The molecule has 6 heteroatoms. The lowest BCUT2D eigenvalue weighted by molar-refractivity contribution is -0.339. The lowest BCUT2D eigenvalue weighted by atomic mass is 10.1. The van der Waals surface area contributed by atoms with Gasteiger partial charge in [0.15, 0.2) is 0 Å². The van der Waals surface area contributed by atoms with Gasteiger partial charge in [-0.3, -0.25) is 4.74 Å². The summed E-state index contributed by atoms with van der Waals surface area (Å²) in [7, 11) is 0. The largest absolute Gasteiger partial charge is 0.358 e. The molecule has 0 spiro atoms. The molecule has 1 aliphatic heterocycles. The zero-order valence-electron chi connectivity index (χ0n) is 6.21. The Balaban J connectivity index is 2.78. The Hall–Kier alpha value is -0.390. The lowest BCUT2D eigenvalue weighted by Crippen LogP contribution is -2.42. The third kappa shape index (κ3) is 1.53. The molecule has 12 heavy (non-hydrogen) atoms. The van der Waals surface area contributed by atoms with E-state index < -0.39 is 30.7 Å². The summed E-state index contributed by atoms with van der Waals surface area (Å²) < 4.78 is 65.2. The summed E-state index contributed by atoms with van der Waals surface area (Å²) >= 11 is 0. The summed E-state index contributed by atoms with van der Waals surface area (Å²) in [6.07, 6.45) is -5.76.